The maximum Gasteiger partial charge on any atom is 0.305 e. The van der Waals surface area contributed by atoms with Gasteiger partial charge in [-0.05, 0) is 31.1 Å². The number of carboxylic acid groups (broad SMARTS) is 1. The van der Waals surface area contributed by atoms with Crippen LogP contribution in [0.15, 0.2) is 35.4 Å². The average Bonchev–Trinajstić information content (AvgIpc) is 2.38. The Morgan fingerprint density at radius 1 is 1.29 bits per heavy atom. The summed E-state index contributed by atoms with van der Waals surface area (Å²) < 4.78 is 0. The van der Waals surface area contributed by atoms with E-state index in [0.717, 1.165) is 29.9 Å². The van der Waals surface area contributed by atoms with Crippen molar-refractivity contribution in [1.29, 1.82) is 0 Å². The maximum absolute atomic E-state index is 12.7. The number of amides is 1. The molecule has 0 radical (unpaired) electrons. The zero-order valence-electron chi connectivity index (χ0n) is 12.3. The summed E-state index contributed by atoms with van der Waals surface area (Å²) in [5, 5.41) is 12.0. The number of para-hydroxylation sites is 1. The molecule has 1 saturated heterocycles. The molecule has 0 unspecified atom stereocenters. The molecule has 1 aliphatic rings. The lowest BCUT2D eigenvalue weighted by molar-refractivity contribution is -0.136. The number of anilines is 1. The third kappa shape index (κ3) is 3.49. The Hall–Kier alpha value is -2.14. The van der Waals surface area contributed by atoms with Crippen molar-refractivity contribution in [1.82, 2.24) is 5.32 Å². The summed E-state index contributed by atoms with van der Waals surface area (Å²) in [7, 11) is 0. The van der Waals surface area contributed by atoms with Crippen LogP contribution in [-0.2, 0) is 9.59 Å². The molecule has 0 atom stereocenters. The van der Waals surface area contributed by atoms with Crippen molar-refractivity contribution >= 4 is 17.6 Å². The van der Waals surface area contributed by atoms with E-state index in [9.17, 15) is 9.59 Å². The van der Waals surface area contributed by atoms with Gasteiger partial charge in [0.15, 0.2) is 0 Å². The van der Waals surface area contributed by atoms with Gasteiger partial charge in [-0.2, -0.15) is 0 Å². The number of hydrogen-bond donors (Lipinski definition) is 2. The van der Waals surface area contributed by atoms with Crippen molar-refractivity contribution in [2.45, 2.75) is 20.3 Å². The zero-order chi connectivity index (χ0) is 15.4. The van der Waals surface area contributed by atoms with Crippen molar-refractivity contribution in [2.24, 2.45) is 0 Å². The van der Waals surface area contributed by atoms with Gasteiger partial charge in [0, 0.05) is 30.9 Å². The predicted molar refractivity (Wildman–Crippen MR) is 81.4 cm³/mol. The minimum atomic E-state index is -0.906. The molecule has 1 aromatic carbocycles. The minimum absolute atomic E-state index is 0.0685. The highest BCUT2D eigenvalue weighted by molar-refractivity contribution is 6.06. The third-order valence-corrected chi connectivity index (χ3v) is 3.73. The lowest BCUT2D eigenvalue weighted by Gasteiger charge is -2.28. The summed E-state index contributed by atoms with van der Waals surface area (Å²) in [6.45, 7) is 5.38. The van der Waals surface area contributed by atoms with E-state index in [1.165, 1.54) is 0 Å². The molecule has 1 heterocycles. The van der Waals surface area contributed by atoms with E-state index >= 15 is 0 Å². The van der Waals surface area contributed by atoms with Gasteiger partial charge in [0.2, 0.25) is 0 Å². The first-order valence-corrected chi connectivity index (χ1v) is 6.99. The van der Waals surface area contributed by atoms with E-state index in [4.69, 9.17) is 5.11 Å². The number of carbonyl (C=O) groups is 2. The molecule has 5 heteroatoms. The second-order valence-electron chi connectivity index (χ2n) is 5.22. The van der Waals surface area contributed by atoms with Gasteiger partial charge in [0.05, 0.1) is 6.42 Å². The number of nitrogens with one attached hydrogen (secondary N) is 1. The highest BCUT2D eigenvalue weighted by Gasteiger charge is 2.23. The van der Waals surface area contributed by atoms with Crippen molar-refractivity contribution < 1.29 is 14.7 Å². The highest BCUT2D eigenvalue weighted by atomic mass is 16.4. The number of carbonyl (C=O) groups excluding carboxylic acids is 1. The zero-order valence-corrected chi connectivity index (χ0v) is 12.3. The molecule has 112 valence electrons. The summed E-state index contributed by atoms with van der Waals surface area (Å²) in [4.78, 5) is 25.1. The van der Waals surface area contributed by atoms with E-state index in [0.29, 0.717) is 5.57 Å². The van der Waals surface area contributed by atoms with Crippen LogP contribution in [0.1, 0.15) is 18.9 Å². The van der Waals surface area contributed by atoms with Gasteiger partial charge >= 0.3 is 5.97 Å². The lowest BCUT2D eigenvalue weighted by Crippen LogP contribution is -2.40. The lowest BCUT2D eigenvalue weighted by atomic mass is 10.0. The molecule has 0 bridgehead atoms. The SMILES string of the molecule is CC(C(=O)N(CCC(=O)O)c1ccccc1C)=C1CNC1. The van der Waals surface area contributed by atoms with Crippen molar-refractivity contribution in [2.75, 3.05) is 24.5 Å². The fourth-order valence-electron chi connectivity index (χ4n) is 2.27. The highest BCUT2D eigenvalue weighted by Crippen LogP contribution is 2.23. The monoisotopic (exact) mass is 288 g/mol. The van der Waals surface area contributed by atoms with Crippen LogP contribution in [0.5, 0.6) is 0 Å². The van der Waals surface area contributed by atoms with Gasteiger partial charge in [-0.15, -0.1) is 0 Å². The molecular formula is C16H20N2O3. The number of carboxylic acids is 1. The Labute approximate surface area is 124 Å². The quantitative estimate of drug-likeness (QED) is 0.809. The minimum Gasteiger partial charge on any atom is -0.481 e. The molecule has 5 nitrogen and oxygen atoms in total. The summed E-state index contributed by atoms with van der Waals surface area (Å²) in [5.41, 5.74) is 3.54. The topological polar surface area (TPSA) is 69.6 Å². The van der Waals surface area contributed by atoms with Crippen LogP contribution in [0, 0.1) is 6.92 Å². The van der Waals surface area contributed by atoms with E-state index in [1.807, 2.05) is 38.1 Å². The van der Waals surface area contributed by atoms with Crippen LogP contribution in [0.25, 0.3) is 0 Å². The summed E-state index contributed by atoms with van der Waals surface area (Å²) in [5.74, 6) is -1.01. The Morgan fingerprint density at radius 2 is 1.95 bits per heavy atom. The third-order valence-electron chi connectivity index (χ3n) is 3.73. The van der Waals surface area contributed by atoms with Gasteiger partial charge in [-0.25, -0.2) is 0 Å². The smallest absolute Gasteiger partial charge is 0.305 e. The Morgan fingerprint density at radius 3 is 2.48 bits per heavy atom. The molecular weight excluding hydrogens is 268 g/mol. The Kier molecular flexibility index (Phi) is 4.75. The molecule has 0 aliphatic carbocycles. The number of benzene rings is 1. The number of rotatable bonds is 5. The molecule has 21 heavy (non-hydrogen) atoms. The van der Waals surface area contributed by atoms with Crippen LogP contribution in [0.4, 0.5) is 5.69 Å². The fourth-order valence-corrected chi connectivity index (χ4v) is 2.27. The first-order valence-electron chi connectivity index (χ1n) is 6.99. The molecule has 0 saturated carbocycles. The maximum atomic E-state index is 12.7. The summed E-state index contributed by atoms with van der Waals surface area (Å²) in [6.07, 6.45) is -0.0685. The summed E-state index contributed by atoms with van der Waals surface area (Å²) in [6, 6.07) is 7.53. The first-order chi connectivity index (χ1) is 10.0. The van der Waals surface area contributed by atoms with Crippen molar-refractivity contribution in [3.8, 4) is 0 Å². The first kappa shape index (κ1) is 15.3. The van der Waals surface area contributed by atoms with Crippen LogP contribution < -0.4 is 10.2 Å². The Bertz CT molecular complexity index is 587. The van der Waals surface area contributed by atoms with Gasteiger partial charge < -0.3 is 15.3 Å². The van der Waals surface area contributed by atoms with Gasteiger partial charge in [0.1, 0.15) is 0 Å². The number of nitrogens with zero attached hydrogens (tertiary/aromatic N) is 1. The molecule has 2 N–H and O–H groups in total. The number of aliphatic carboxylic acids is 1. The largest absolute Gasteiger partial charge is 0.481 e. The van der Waals surface area contributed by atoms with Gasteiger partial charge in [-0.3, -0.25) is 9.59 Å². The second kappa shape index (κ2) is 6.54. The molecule has 1 amide bonds. The number of hydrogen-bond acceptors (Lipinski definition) is 3. The van der Waals surface area contributed by atoms with Crippen LogP contribution in [0.3, 0.4) is 0 Å². The van der Waals surface area contributed by atoms with Crippen molar-refractivity contribution in [3.63, 3.8) is 0 Å². The van der Waals surface area contributed by atoms with Gasteiger partial charge in [0.25, 0.3) is 5.91 Å². The van der Waals surface area contributed by atoms with Crippen LogP contribution in [-0.4, -0.2) is 36.6 Å². The molecule has 1 aliphatic heterocycles. The molecule has 0 aromatic heterocycles. The van der Waals surface area contributed by atoms with E-state index in [-0.39, 0.29) is 18.9 Å². The van der Waals surface area contributed by atoms with Crippen LogP contribution >= 0.6 is 0 Å². The predicted octanol–water partition coefficient (Wildman–Crippen LogP) is 1.72. The van der Waals surface area contributed by atoms with E-state index in [2.05, 4.69) is 5.32 Å². The summed E-state index contributed by atoms with van der Waals surface area (Å²) >= 11 is 0. The molecule has 0 spiro atoms. The number of aryl methyl sites for hydroxylation is 1. The Balaban J connectivity index is 2.29. The van der Waals surface area contributed by atoms with Crippen molar-refractivity contribution in [3.05, 3.63) is 41.0 Å². The van der Waals surface area contributed by atoms with Crippen LogP contribution in [0.2, 0.25) is 0 Å². The van der Waals surface area contributed by atoms with E-state index in [1.54, 1.807) is 4.90 Å². The second-order valence-corrected chi connectivity index (χ2v) is 5.22. The van der Waals surface area contributed by atoms with E-state index < -0.39 is 5.97 Å². The molecule has 1 aromatic rings. The molecule has 1 fully saturated rings. The average molecular weight is 288 g/mol. The standard InChI is InChI=1S/C16H20N2O3/c1-11-5-3-4-6-14(11)18(8-7-15(19)20)16(21)12(2)13-9-17-10-13/h3-6,17H,7-10H2,1-2H3,(H,19,20). The molecule has 2 rings (SSSR count). The fraction of sp³-hybridized carbons (Fsp3) is 0.375. The normalized spacial score (nSPS) is 13.5. The van der Waals surface area contributed by atoms with Gasteiger partial charge in [-0.1, -0.05) is 18.2 Å².